The lowest BCUT2D eigenvalue weighted by Gasteiger charge is -2.35. The molecular formula is C29H34I3N3O13. The van der Waals surface area contributed by atoms with Crippen molar-refractivity contribution in [1.82, 2.24) is 4.90 Å². The van der Waals surface area contributed by atoms with Gasteiger partial charge in [0.1, 0.15) is 13.2 Å². The van der Waals surface area contributed by atoms with Gasteiger partial charge in [-0.05, 0) is 80.6 Å². The molecule has 0 radical (unpaired) electrons. The number of benzene rings is 1. The zero-order valence-electron chi connectivity index (χ0n) is 26.6. The molecule has 0 aliphatic carbocycles. The highest BCUT2D eigenvalue weighted by Gasteiger charge is 2.38. The largest absolute Gasteiger partial charge is 0.462 e. The van der Waals surface area contributed by atoms with E-state index in [-0.39, 0.29) is 40.5 Å². The maximum atomic E-state index is 14.6. The molecule has 3 unspecified atom stereocenters. The van der Waals surface area contributed by atoms with E-state index in [1.165, 1.54) is 11.8 Å². The number of rotatable bonds is 14. The van der Waals surface area contributed by atoms with Crippen molar-refractivity contribution in [2.75, 3.05) is 37.7 Å². The summed E-state index contributed by atoms with van der Waals surface area (Å²) in [5.74, 6) is -5.78. The standard InChI is InChI=1S/C29H34I3N3O13/c1-13(36)44-11-18(46-15(3)38)9-34(10-19(47-16(4)39)12-45-14(2)37)29(43)22-23(30)21(27(33)41)24(31)26(25(22)32)35-8-6-7-20(28(35)42)48-17(5)40/h18-20H,6-12H2,1-5H3,(H2,33,41). The fraction of sp³-hybridized carbons (Fsp3) is 0.517. The van der Waals surface area contributed by atoms with Crippen LogP contribution in [0, 0.1) is 10.7 Å². The Morgan fingerprint density at radius 1 is 0.771 bits per heavy atom. The van der Waals surface area contributed by atoms with E-state index in [0.717, 1.165) is 32.6 Å². The molecule has 19 heteroatoms. The third kappa shape index (κ3) is 11.7. The molecule has 0 aromatic heterocycles. The fourth-order valence-electron chi connectivity index (χ4n) is 4.69. The number of carbonyl (C=O) groups excluding carboxylic acids is 8. The highest BCUT2D eigenvalue weighted by Crippen LogP contribution is 2.40. The Labute approximate surface area is 316 Å². The minimum Gasteiger partial charge on any atom is -0.462 e. The summed E-state index contributed by atoms with van der Waals surface area (Å²) >= 11 is 5.51. The summed E-state index contributed by atoms with van der Waals surface area (Å²) in [6, 6.07) is 0. The summed E-state index contributed by atoms with van der Waals surface area (Å²) in [7, 11) is 0. The third-order valence-corrected chi connectivity index (χ3v) is 9.65. The molecule has 16 nitrogen and oxygen atoms in total. The second-order valence-corrected chi connectivity index (χ2v) is 13.6. The van der Waals surface area contributed by atoms with Crippen LogP contribution in [0.25, 0.3) is 0 Å². The average Bonchev–Trinajstić information content (AvgIpc) is 2.94. The Kier molecular flexibility index (Phi) is 16.2. The summed E-state index contributed by atoms with van der Waals surface area (Å²) in [6.07, 6.45) is -2.79. The van der Waals surface area contributed by atoms with Crippen molar-refractivity contribution < 1.29 is 62.0 Å². The first-order valence-electron chi connectivity index (χ1n) is 14.2. The van der Waals surface area contributed by atoms with Gasteiger partial charge in [-0.2, -0.15) is 0 Å². The van der Waals surface area contributed by atoms with Crippen molar-refractivity contribution in [2.24, 2.45) is 5.73 Å². The van der Waals surface area contributed by atoms with Crippen LogP contribution in [0.5, 0.6) is 0 Å². The molecule has 0 bridgehead atoms. The maximum absolute atomic E-state index is 14.6. The van der Waals surface area contributed by atoms with Crippen molar-refractivity contribution in [3.05, 3.63) is 21.8 Å². The SMILES string of the molecule is CC(=O)OCC(CN(CC(COC(C)=O)OC(C)=O)C(=O)c1c(I)c(C(N)=O)c(I)c(N2CCCC(OC(C)=O)C2=O)c1I)OC(C)=O. The van der Waals surface area contributed by atoms with Gasteiger partial charge in [0.15, 0.2) is 18.3 Å². The highest BCUT2D eigenvalue weighted by molar-refractivity contribution is 14.1. The van der Waals surface area contributed by atoms with Gasteiger partial charge in [0.2, 0.25) is 0 Å². The molecule has 48 heavy (non-hydrogen) atoms. The Bertz CT molecular complexity index is 1450. The van der Waals surface area contributed by atoms with Crippen LogP contribution < -0.4 is 10.6 Å². The van der Waals surface area contributed by atoms with Crippen LogP contribution in [0.15, 0.2) is 0 Å². The van der Waals surface area contributed by atoms with E-state index in [1.807, 2.05) is 45.2 Å². The summed E-state index contributed by atoms with van der Waals surface area (Å²) < 4.78 is 26.6. The number of halogens is 3. The summed E-state index contributed by atoms with van der Waals surface area (Å²) in [6.45, 7) is 4.14. The molecular weight excluding hydrogens is 979 g/mol. The van der Waals surface area contributed by atoms with E-state index in [9.17, 15) is 38.4 Å². The molecule has 1 fully saturated rings. The lowest BCUT2D eigenvalue weighted by atomic mass is 10.0. The Balaban J connectivity index is 2.80. The van der Waals surface area contributed by atoms with E-state index < -0.39 is 92.2 Å². The number of primary amides is 1. The topological polar surface area (TPSA) is 215 Å². The zero-order valence-corrected chi connectivity index (χ0v) is 33.1. The Morgan fingerprint density at radius 3 is 1.67 bits per heavy atom. The van der Waals surface area contributed by atoms with E-state index >= 15 is 0 Å². The van der Waals surface area contributed by atoms with Crippen LogP contribution in [0.2, 0.25) is 0 Å². The Hall–Kier alpha value is -2.83. The van der Waals surface area contributed by atoms with Gasteiger partial charge < -0.3 is 39.2 Å². The zero-order chi connectivity index (χ0) is 36.5. The van der Waals surface area contributed by atoms with Crippen molar-refractivity contribution in [2.45, 2.75) is 65.8 Å². The van der Waals surface area contributed by atoms with E-state index in [0.29, 0.717) is 6.42 Å². The van der Waals surface area contributed by atoms with Crippen molar-refractivity contribution in [3.8, 4) is 0 Å². The predicted molar refractivity (Wildman–Crippen MR) is 191 cm³/mol. The number of nitrogens with two attached hydrogens (primary N) is 1. The van der Waals surface area contributed by atoms with Crippen LogP contribution in [-0.4, -0.2) is 104 Å². The fourth-order valence-corrected chi connectivity index (χ4v) is 9.44. The van der Waals surface area contributed by atoms with Gasteiger partial charge in [0, 0.05) is 44.7 Å². The first-order valence-corrected chi connectivity index (χ1v) is 17.5. The second-order valence-electron chi connectivity index (χ2n) is 10.4. The van der Waals surface area contributed by atoms with Crippen LogP contribution >= 0.6 is 67.8 Å². The summed E-state index contributed by atoms with van der Waals surface area (Å²) in [5.41, 5.74) is 5.82. The molecule has 1 heterocycles. The number of piperidine rings is 1. The molecule has 2 N–H and O–H groups in total. The summed E-state index contributed by atoms with van der Waals surface area (Å²) in [4.78, 5) is 102. The molecule has 264 valence electrons. The predicted octanol–water partition coefficient (Wildman–Crippen LogP) is 2.09. The second kappa shape index (κ2) is 18.8. The number of ether oxygens (including phenoxy) is 5. The van der Waals surface area contributed by atoms with Crippen molar-refractivity contribution >= 4 is 121 Å². The molecule has 1 aliphatic rings. The first kappa shape index (κ1) is 41.3. The highest BCUT2D eigenvalue weighted by atomic mass is 127. The Morgan fingerprint density at radius 2 is 1.25 bits per heavy atom. The van der Waals surface area contributed by atoms with Gasteiger partial charge in [-0.25, -0.2) is 0 Å². The van der Waals surface area contributed by atoms with Gasteiger partial charge in [-0.15, -0.1) is 0 Å². The number of amides is 3. The number of esters is 5. The molecule has 3 atom stereocenters. The normalized spacial score (nSPS) is 15.5. The molecule has 1 saturated heterocycles. The molecule has 1 aromatic carbocycles. The number of anilines is 1. The van der Waals surface area contributed by atoms with E-state index in [2.05, 4.69) is 0 Å². The van der Waals surface area contributed by atoms with Crippen LogP contribution in [0.4, 0.5) is 5.69 Å². The molecule has 1 aliphatic heterocycles. The van der Waals surface area contributed by atoms with Gasteiger partial charge in [0.05, 0.1) is 37.0 Å². The third-order valence-electron chi connectivity index (χ3n) is 6.47. The number of hydrogen-bond acceptors (Lipinski definition) is 13. The molecule has 3 amide bonds. The van der Waals surface area contributed by atoms with Gasteiger partial charge in [-0.3, -0.25) is 38.4 Å². The molecule has 0 spiro atoms. The van der Waals surface area contributed by atoms with Crippen LogP contribution in [0.3, 0.4) is 0 Å². The number of carbonyl (C=O) groups is 8. The molecule has 0 saturated carbocycles. The minimum atomic E-state index is -1.20. The maximum Gasteiger partial charge on any atom is 0.303 e. The first-order chi connectivity index (χ1) is 22.3. The van der Waals surface area contributed by atoms with Gasteiger partial charge in [-0.1, -0.05) is 0 Å². The quantitative estimate of drug-likeness (QED) is 0.161. The van der Waals surface area contributed by atoms with E-state index in [1.54, 1.807) is 22.6 Å². The average molecular weight is 1010 g/mol. The van der Waals surface area contributed by atoms with Crippen molar-refractivity contribution in [3.63, 3.8) is 0 Å². The van der Waals surface area contributed by atoms with Crippen LogP contribution in [-0.2, 0) is 52.5 Å². The number of hydrogen-bond donors (Lipinski definition) is 1. The summed E-state index contributed by atoms with van der Waals surface area (Å²) in [5, 5.41) is 0. The molecule has 1 aromatic rings. The lowest BCUT2D eigenvalue weighted by molar-refractivity contribution is -0.159. The van der Waals surface area contributed by atoms with E-state index in [4.69, 9.17) is 29.4 Å². The number of nitrogens with zero attached hydrogens (tertiary/aromatic N) is 2. The smallest absolute Gasteiger partial charge is 0.303 e. The van der Waals surface area contributed by atoms with Crippen molar-refractivity contribution in [1.29, 1.82) is 0 Å². The monoisotopic (exact) mass is 1010 g/mol. The minimum absolute atomic E-state index is 0.0646. The lowest BCUT2D eigenvalue weighted by Crippen LogP contribution is -2.48. The van der Waals surface area contributed by atoms with Gasteiger partial charge in [0.25, 0.3) is 17.7 Å². The van der Waals surface area contributed by atoms with Gasteiger partial charge >= 0.3 is 29.8 Å². The van der Waals surface area contributed by atoms with Crippen LogP contribution in [0.1, 0.15) is 68.2 Å². The molecule has 2 rings (SSSR count).